The summed E-state index contributed by atoms with van der Waals surface area (Å²) >= 11 is 0. The van der Waals surface area contributed by atoms with E-state index in [0.29, 0.717) is 27.4 Å². The van der Waals surface area contributed by atoms with Crippen LogP contribution in [0.2, 0.25) is 0 Å². The highest BCUT2D eigenvalue weighted by Crippen LogP contribution is 2.25. The fourth-order valence-electron chi connectivity index (χ4n) is 2.07. The molecule has 3 nitrogen and oxygen atoms in total. The molecule has 0 aliphatic carbocycles. The lowest BCUT2D eigenvalue weighted by atomic mass is 10.0. The minimum Gasteiger partial charge on any atom is -0.478 e. The quantitative estimate of drug-likeness (QED) is 0.660. The van der Waals surface area contributed by atoms with Crippen molar-refractivity contribution in [1.29, 1.82) is 0 Å². The Bertz CT molecular complexity index is 696. The Morgan fingerprint density at radius 3 is 1.75 bits per heavy atom. The molecule has 1 N–H and O–H groups in total. The number of benzene rings is 2. The first-order valence-electron chi connectivity index (χ1n) is 6.69. The second-order valence-corrected chi connectivity index (χ2v) is 4.53. The molecule has 3 aromatic rings. The van der Waals surface area contributed by atoms with Gasteiger partial charge < -0.3 is 5.11 Å². The van der Waals surface area contributed by atoms with Gasteiger partial charge in [-0.3, -0.25) is 0 Å². The molecule has 0 spiro atoms. The van der Waals surface area contributed by atoms with Crippen molar-refractivity contribution in [3.63, 3.8) is 0 Å². The smallest absolute Gasteiger partial charge is 0.337 e. The van der Waals surface area contributed by atoms with E-state index < -0.39 is 5.97 Å². The zero-order valence-electron chi connectivity index (χ0n) is 11.6. The van der Waals surface area contributed by atoms with Crippen molar-refractivity contribution in [3.05, 3.63) is 54.1 Å². The molecule has 1 aromatic heterocycles. The fourth-order valence-corrected chi connectivity index (χ4v) is 2.07. The highest BCUT2D eigenvalue weighted by atomic mass is 16.4. The summed E-state index contributed by atoms with van der Waals surface area (Å²) in [4.78, 5) is 15.9. The number of aromatic nitrogens is 1. The molecule has 0 aliphatic heterocycles. The summed E-state index contributed by atoms with van der Waals surface area (Å²) in [6, 6.07) is 14.6. The highest BCUT2D eigenvalue weighted by molar-refractivity contribution is 6.13. The topological polar surface area (TPSA) is 50.2 Å². The maximum Gasteiger partial charge on any atom is 0.337 e. The number of fused-ring (bicyclic) bond motifs is 2. The van der Waals surface area contributed by atoms with Crippen molar-refractivity contribution in [3.8, 4) is 0 Å². The third-order valence-electron chi connectivity index (χ3n) is 2.80. The summed E-state index contributed by atoms with van der Waals surface area (Å²) in [6.07, 6.45) is 1.25. The molecule has 0 saturated carbocycles. The Labute approximate surface area is 117 Å². The fraction of sp³-hybridized carbons (Fsp3) is 0.176. The first-order valence-corrected chi connectivity index (χ1v) is 6.69. The number of pyridine rings is 1. The van der Waals surface area contributed by atoms with E-state index in [1.54, 1.807) is 12.1 Å². The molecular weight excluding hydrogens is 250 g/mol. The number of carbonyl (C=O) groups is 1. The molecule has 1 heterocycles. The first-order chi connectivity index (χ1) is 9.69. The summed E-state index contributed by atoms with van der Waals surface area (Å²) in [5, 5.41) is 10.7. The predicted octanol–water partition coefficient (Wildman–Crippen LogP) is 4.50. The van der Waals surface area contributed by atoms with Gasteiger partial charge in [0, 0.05) is 10.8 Å². The van der Waals surface area contributed by atoms with Crippen molar-refractivity contribution < 1.29 is 9.90 Å². The van der Waals surface area contributed by atoms with E-state index in [4.69, 9.17) is 0 Å². The lowest BCUT2D eigenvalue weighted by Gasteiger charge is -2.06. The molecule has 0 atom stereocenters. The zero-order valence-corrected chi connectivity index (χ0v) is 11.6. The van der Waals surface area contributed by atoms with E-state index in [1.807, 2.05) is 36.4 Å². The average Bonchev–Trinajstić information content (AvgIpc) is 2.45. The number of aromatic carboxylic acids is 1. The number of carboxylic acid groups (broad SMARTS) is 1. The van der Waals surface area contributed by atoms with Crippen LogP contribution >= 0.6 is 0 Å². The van der Waals surface area contributed by atoms with Crippen LogP contribution in [0.25, 0.3) is 21.8 Å². The van der Waals surface area contributed by atoms with Crippen molar-refractivity contribution in [2.45, 2.75) is 20.3 Å². The van der Waals surface area contributed by atoms with Gasteiger partial charge in [-0.05, 0) is 12.1 Å². The molecule has 102 valence electrons. The molecular formula is C17H17NO2. The van der Waals surface area contributed by atoms with E-state index in [-0.39, 0.29) is 0 Å². The predicted molar refractivity (Wildman–Crippen MR) is 82.2 cm³/mol. The lowest BCUT2D eigenvalue weighted by molar-refractivity contribution is 0.0701. The normalized spacial score (nSPS) is 10.1. The van der Waals surface area contributed by atoms with Crippen LogP contribution in [0, 0.1) is 0 Å². The number of hydrogen-bond acceptors (Lipinski definition) is 2. The summed E-state index contributed by atoms with van der Waals surface area (Å²) in [7, 11) is 0. The van der Waals surface area contributed by atoms with Crippen LogP contribution < -0.4 is 0 Å². The van der Waals surface area contributed by atoms with Crippen LogP contribution in [0.1, 0.15) is 30.6 Å². The average molecular weight is 267 g/mol. The van der Waals surface area contributed by atoms with Gasteiger partial charge in [-0.2, -0.15) is 0 Å². The van der Waals surface area contributed by atoms with Crippen molar-refractivity contribution in [1.82, 2.24) is 4.98 Å². The maximum absolute atomic E-state index is 11.4. The third kappa shape index (κ3) is 2.62. The lowest BCUT2D eigenvalue weighted by Crippen LogP contribution is -2.00. The van der Waals surface area contributed by atoms with E-state index in [9.17, 15) is 9.90 Å². The number of carboxylic acids is 1. The molecule has 0 amide bonds. The van der Waals surface area contributed by atoms with Crippen LogP contribution in [0.4, 0.5) is 0 Å². The Balaban J connectivity index is 0.000000452. The van der Waals surface area contributed by atoms with Gasteiger partial charge in [0.1, 0.15) is 0 Å². The van der Waals surface area contributed by atoms with Crippen molar-refractivity contribution >= 4 is 27.8 Å². The Kier molecular flexibility index (Phi) is 4.31. The number of para-hydroxylation sites is 2. The van der Waals surface area contributed by atoms with Crippen molar-refractivity contribution in [2.24, 2.45) is 0 Å². The largest absolute Gasteiger partial charge is 0.478 e. The van der Waals surface area contributed by atoms with Gasteiger partial charge in [0.25, 0.3) is 0 Å². The summed E-state index contributed by atoms with van der Waals surface area (Å²) in [6.45, 7) is 4.25. The SMILES string of the molecule is CCC.O=C(O)c1c2ccccc2nc2ccccc12. The van der Waals surface area contributed by atoms with Gasteiger partial charge in [0.15, 0.2) is 0 Å². The molecule has 0 aliphatic rings. The molecule has 3 rings (SSSR count). The minimum atomic E-state index is -0.917. The van der Waals surface area contributed by atoms with Gasteiger partial charge in [-0.15, -0.1) is 0 Å². The van der Waals surface area contributed by atoms with Crippen LogP contribution in [-0.4, -0.2) is 16.1 Å². The minimum absolute atomic E-state index is 0.325. The Morgan fingerprint density at radius 2 is 1.35 bits per heavy atom. The van der Waals surface area contributed by atoms with Crippen LogP contribution in [0.5, 0.6) is 0 Å². The first kappa shape index (κ1) is 14.0. The second kappa shape index (κ2) is 6.15. The molecule has 3 heteroatoms. The van der Waals surface area contributed by atoms with E-state index in [1.165, 1.54) is 6.42 Å². The van der Waals surface area contributed by atoms with Gasteiger partial charge in [-0.25, -0.2) is 9.78 Å². The van der Waals surface area contributed by atoms with Crippen LogP contribution in [0.15, 0.2) is 48.5 Å². The molecule has 20 heavy (non-hydrogen) atoms. The Hall–Kier alpha value is -2.42. The number of hydrogen-bond donors (Lipinski definition) is 1. The Morgan fingerprint density at radius 1 is 0.950 bits per heavy atom. The van der Waals surface area contributed by atoms with Gasteiger partial charge in [-0.1, -0.05) is 56.7 Å². The molecule has 0 saturated heterocycles. The molecule has 0 bridgehead atoms. The second-order valence-electron chi connectivity index (χ2n) is 4.53. The summed E-state index contributed by atoms with van der Waals surface area (Å²) in [5.74, 6) is -0.917. The number of nitrogens with zero attached hydrogens (tertiary/aromatic N) is 1. The van der Waals surface area contributed by atoms with E-state index >= 15 is 0 Å². The molecule has 0 fully saturated rings. The molecule has 0 unspecified atom stereocenters. The van der Waals surface area contributed by atoms with Gasteiger partial charge in [0.05, 0.1) is 16.6 Å². The highest BCUT2D eigenvalue weighted by Gasteiger charge is 2.13. The number of rotatable bonds is 1. The third-order valence-corrected chi connectivity index (χ3v) is 2.80. The van der Waals surface area contributed by atoms with Crippen LogP contribution in [0.3, 0.4) is 0 Å². The standard InChI is InChI=1S/C14H9NO2.C3H8/c16-14(17)13-9-5-1-3-7-11(9)15-12-8-4-2-6-10(12)13;1-3-2/h1-8H,(H,16,17);3H2,1-2H3. The zero-order chi connectivity index (χ0) is 14.5. The molecule has 0 radical (unpaired) electrons. The van der Waals surface area contributed by atoms with E-state index in [2.05, 4.69) is 18.8 Å². The summed E-state index contributed by atoms with van der Waals surface area (Å²) < 4.78 is 0. The summed E-state index contributed by atoms with van der Waals surface area (Å²) in [5.41, 5.74) is 1.75. The van der Waals surface area contributed by atoms with Gasteiger partial charge >= 0.3 is 5.97 Å². The monoisotopic (exact) mass is 267 g/mol. The van der Waals surface area contributed by atoms with Crippen molar-refractivity contribution in [2.75, 3.05) is 0 Å². The molecule has 2 aromatic carbocycles. The maximum atomic E-state index is 11.4. The van der Waals surface area contributed by atoms with Gasteiger partial charge in [0.2, 0.25) is 0 Å². The van der Waals surface area contributed by atoms with Crippen LogP contribution in [-0.2, 0) is 0 Å². The van der Waals surface area contributed by atoms with E-state index in [0.717, 1.165) is 0 Å².